The maximum Gasteiger partial charge on any atom is 0.349 e. The molecule has 0 fully saturated rings. The average molecular weight is 459 g/mol. The number of aliphatic carboxylic acids is 1. The van der Waals surface area contributed by atoms with E-state index in [1.54, 1.807) is 36.4 Å². The van der Waals surface area contributed by atoms with Gasteiger partial charge in [0.2, 0.25) is 5.54 Å². The van der Waals surface area contributed by atoms with Crippen LogP contribution in [0.4, 0.5) is 0 Å². The van der Waals surface area contributed by atoms with E-state index in [0.717, 1.165) is 11.1 Å². The Morgan fingerprint density at radius 3 is 2.35 bits per heavy atom. The van der Waals surface area contributed by atoms with Crippen molar-refractivity contribution in [2.75, 3.05) is 7.11 Å². The Balaban J connectivity index is 1.73. The average Bonchev–Trinajstić information content (AvgIpc) is 2.84. The van der Waals surface area contributed by atoms with Crippen molar-refractivity contribution in [3.63, 3.8) is 0 Å². The predicted octanol–water partition coefficient (Wildman–Crippen LogP) is 3.89. The van der Waals surface area contributed by atoms with E-state index in [-0.39, 0.29) is 5.56 Å². The first-order chi connectivity index (χ1) is 16.3. The van der Waals surface area contributed by atoms with E-state index >= 15 is 0 Å². The van der Waals surface area contributed by atoms with Gasteiger partial charge in [0.05, 0.1) is 7.11 Å². The van der Waals surface area contributed by atoms with Crippen LogP contribution in [0.15, 0.2) is 72.8 Å². The molecule has 0 aromatic heterocycles. The summed E-state index contributed by atoms with van der Waals surface area (Å²) in [5, 5.41) is 12.8. The smallest absolute Gasteiger partial charge is 0.349 e. The van der Waals surface area contributed by atoms with Gasteiger partial charge in [0.25, 0.3) is 5.91 Å². The molecule has 0 aliphatic carbocycles. The van der Waals surface area contributed by atoms with Crippen molar-refractivity contribution in [1.29, 1.82) is 0 Å². The standard InChI is InChI=1S/C27H25NO6/c1-17-7-9-18(10-8-17)11-16-22-21-5-3-4-6-23(21)34-26(32)27(22,25(30)31)28-24(29)19-12-14-20(33-2)15-13-19/h3-10,12-15,22H,11,16H2,1-2H3,(H,28,29)(H,30,31)/t22-,27-/m1/s1. The van der Waals surface area contributed by atoms with Gasteiger partial charge in [-0.1, -0.05) is 48.0 Å². The Kier molecular flexibility index (Phi) is 6.36. The molecule has 7 heteroatoms. The van der Waals surface area contributed by atoms with E-state index < -0.39 is 29.3 Å². The number of fused-ring (bicyclic) bond motifs is 1. The highest BCUT2D eigenvalue weighted by Crippen LogP contribution is 2.43. The molecular weight excluding hydrogens is 434 g/mol. The van der Waals surface area contributed by atoms with E-state index in [1.165, 1.54) is 19.2 Å². The van der Waals surface area contributed by atoms with Crippen LogP contribution >= 0.6 is 0 Å². The van der Waals surface area contributed by atoms with Crippen LogP contribution in [0, 0.1) is 6.92 Å². The molecule has 4 rings (SSSR count). The van der Waals surface area contributed by atoms with Gasteiger partial charge in [-0.05, 0) is 55.7 Å². The lowest BCUT2D eigenvalue weighted by Gasteiger charge is -2.40. The number of ether oxygens (including phenoxy) is 2. The molecule has 0 radical (unpaired) electrons. The van der Waals surface area contributed by atoms with Gasteiger partial charge in [-0.2, -0.15) is 0 Å². The van der Waals surface area contributed by atoms with E-state index in [1.807, 2.05) is 31.2 Å². The zero-order valence-electron chi connectivity index (χ0n) is 18.9. The number of carbonyl (C=O) groups is 3. The fraction of sp³-hybridized carbons (Fsp3) is 0.222. The van der Waals surface area contributed by atoms with Crippen LogP contribution < -0.4 is 14.8 Å². The van der Waals surface area contributed by atoms with Gasteiger partial charge >= 0.3 is 11.9 Å². The molecule has 2 atom stereocenters. The highest BCUT2D eigenvalue weighted by molar-refractivity contribution is 6.12. The number of rotatable bonds is 7. The summed E-state index contributed by atoms with van der Waals surface area (Å²) in [4.78, 5) is 39.0. The molecule has 1 aliphatic heterocycles. The van der Waals surface area contributed by atoms with Gasteiger partial charge in [-0.15, -0.1) is 0 Å². The van der Waals surface area contributed by atoms with Crippen LogP contribution in [0.1, 0.15) is 39.4 Å². The van der Waals surface area contributed by atoms with E-state index in [4.69, 9.17) is 9.47 Å². The lowest BCUT2D eigenvalue weighted by atomic mass is 9.73. The fourth-order valence-corrected chi connectivity index (χ4v) is 4.28. The number of carboxylic acid groups (broad SMARTS) is 1. The minimum Gasteiger partial charge on any atom is -0.497 e. The number of hydrogen-bond donors (Lipinski definition) is 2. The largest absolute Gasteiger partial charge is 0.497 e. The zero-order chi connectivity index (χ0) is 24.3. The highest BCUT2D eigenvalue weighted by atomic mass is 16.5. The quantitative estimate of drug-likeness (QED) is 0.316. The number of nitrogens with one attached hydrogen (secondary N) is 1. The Morgan fingerprint density at radius 1 is 1.03 bits per heavy atom. The SMILES string of the molecule is COc1ccc(C(=O)N[C@]2(C(=O)O)C(=O)Oc3ccccc3[C@H]2CCc2ccc(C)cc2)cc1. The number of hydrogen-bond acceptors (Lipinski definition) is 5. The molecule has 174 valence electrons. The van der Waals surface area contributed by atoms with Crippen LogP contribution in [-0.4, -0.2) is 35.6 Å². The molecule has 1 aliphatic rings. The fourth-order valence-electron chi connectivity index (χ4n) is 4.28. The topological polar surface area (TPSA) is 102 Å². The first-order valence-electron chi connectivity index (χ1n) is 10.9. The maximum absolute atomic E-state index is 13.2. The number of carboxylic acids is 1. The van der Waals surface area contributed by atoms with Crippen molar-refractivity contribution in [3.8, 4) is 11.5 Å². The second kappa shape index (κ2) is 9.39. The van der Waals surface area contributed by atoms with Crippen molar-refractivity contribution >= 4 is 17.8 Å². The van der Waals surface area contributed by atoms with E-state index in [9.17, 15) is 19.5 Å². The third kappa shape index (κ3) is 4.24. The Morgan fingerprint density at radius 2 is 1.71 bits per heavy atom. The molecule has 3 aromatic rings. The predicted molar refractivity (Wildman–Crippen MR) is 125 cm³/mol. The molecule has 7 nitrogen and oxygen atoms in total. The van der Waals surface area contributed by atoms with Gasteiger partial charge in [0, 0.05) is 17.0 Å². The van der Waals surface area contributed by atoms with E-state index in [2.05, 4.69) is 5.32 Å². The highest BCUT2D eigenvalue weighted by Gasteiger charge is 2.59. The number of benzene rings is 3. The summed E-state index contributed by atoms with van der Waals surface area (Å²) in [6.45, 7) is 1.99. The second-order valence-corrected chi connectivity index (χ2v) is 8.30. The van der Waals surface area contributed by atoms with Crippen molar-refractivity contribution in [2.24, 2.45) is 0 Å². The maximum atomic E-state index is 13.2. The summed E-state index contributed by atoms with van der Waals surface area (Å²) in [6.07, 6.45) is 0.824. The van der Waals surface area contributed by atoms with Crippen molar-refractivity contribution in [1.82, 2.24) is 5.32 Å². The van der Waals surface area contributed by atoms with E-state index in [0.29, 0.717) is 29.9 Å². The molecule has 0 bridgehead atoms. The van der Waals surface area contributed by atoms with Crippen LogP contribution in [0.25, 0.3) is 0 Å². The molecule has 1 heterocycles. The van der Waals surface area contributed by atoms with Gasteiger partial charge in [0.15, 0.2) is 0 Å². The molecule has 0 unspecified atom stereocenters. The Labute approximate surface area is 197 Å². The van der Waals surface area contributed by atoms with Gasteiger partial charge in [-0.3, -0.25) is 4.79 Å². The summed E-state index contributed by atoms with van der Waals surface area (Å²) >= 11 is 0. The molecule has 2 N–H and O–H groups in total. The van der Waals surface area contributed by atoms with Gasteiger partial charge < -0.3 is 19.9 Å². The third-order valence-electron chi connectivity index (χ3n) is 6.18. The molecule has 0 spiro atoms. The van der Waals surface area contributed by atoms with Crippen molar-refractivity contribution in [3.05, 3.63) is 95.1 Å². The number of para-hydroxylation sites is 1. The van der Waals surface area contributed by atoms with Gasteiger partial charge in [-0.25, -0.2) is 9.59 Å². The zero-order valence-corrected chi connectivity index (χ0v) is 18.9. The summed E-state index contributed by atoms with van der Waals surface area (Å²) in [5.41, 5.74) is 0.595. The van der Waals surface area contributed by atoms with Crippen LogP contribution in [0.3, 0.4) is 0 Å². The molecular formula is C27H25NO6. The first kappa shape index (κ1) is 23.0. The summed E-state index contributed by atoms with van der Waals surface area (Å²) in [6, 6.07) is 20.9. The molecule has 3 aromatic carbocycles. The Hall–Kier alpha value is -4.13. The third-order valence-corrected chi connectivity index (χ3v) is 6.18. The summed E-state index contributed by atoms with van der Waals surface area (Å²) in [5.74, 6) is -3.17. The molecule has 1 amide bonds. The number of methoxy groups -OCH3 is 1. The van der Waals surface area contributed by atoms with Crippen molar-refractivity contribution < 1.29 is 29.0 Å². The van der Waals surface area contributed by atoms with Crippen molar-refractivity contribution in [2.45, 2.75) is 31.2 Å². The van der Waals surface area contributed by atoms with Crippen LogP contribution in [0.5, 0.6) is 11.5 Å². The molecule has 0 saturated carbocycles. The van der Waals surface area contributed by atoms with Crippen LogP contribution in [-0.2, 0) is 16.0 Å². The monoisotopic (exact) mass is 459 g/mol. The Bertz CT molecular complexity index is 1220. The molecule has 34 heavy (non-hydrogen) atoms. The molecule has 0 saturated heterocycles. The lowest BCUT2D eigenvalue weighted by Crippen LogP contribution is -2.66. The van der Waals surface area contributed by atoms with Crippen LogP contribution in [0.2, 0.25) is 0 Å². The lowest BCUT2D eigenvalue weighted by molar-refractivity contribution is -0.160. The normalized spacial score (nSPS) is 19.0. The van der Waals surface area contributed by atoms with Gasteiger partial charge in [0.1, 0.15) is 11.5 Å². The number of aryl methyl sites for hydroxylation is 2. The second-order valence-electron chi connectivity index (χ2n) is 8.30. The summed E-state index contributed by atoms with van der Waals surface area (Å²) in [7, 11) is 1.50. The minimum absolute atomic E-state index is 0.199. The first-order valence-corrected chi connectivity index (χ1v) is 10.9. The summed E-state index contributed by atoms with van der Waals surface area (Å²) < 4.78 is 10.5. The number of carbonyl (C=O) groups excluding carboxylic acids is 2. The number of amides is 1. The number of esters is 1. The minimum atomic E-state index is -2.28.